The van der Waals surface area contributed by atoms with E-state index in [2.05, 4.69) is 4.18 Å². The topological polar surface area (TPSA) is 86.5 Å². The smallest absolute Gasteiger partial charge is 0.263 e. The summed E-state index contributed by atoms with van der Waals surface area (Å²) in [7, 11) is -5.60. The van der Waals surface area contributed by atoms with E-state index in [-0.39, 0.29) is 12.1 Å². The van der Waals surface area contributed by atoms with E-state index >= 15 is 0 Å². The van der Waals surface area contributed by atoms with Crippen LogP contribution >= 0.6 is 0 Å². The van der Waals surface area contributed by atoms with Crippen LogP contribution in [0.5, 0.6) is 0 Å². The van der Waals surface area contributed by atoms with Gasteiger partial charge in [-0.1, -0.05) is 12.1 Å². The average Bonchev–Trinajstić information content (AvgIpc) is 2.28. The zero-order chi connectivity index (χ0) is 14.7. The highest BCUT2D eigenvalue weighted by Crippen LogP contribution is 2.24. The van der Waals surface area contributed by atoms with Crippen LogP contribution in [-0.2, 0) is 20.7 Å². The fourth-order valence-corrected chi connectivity index (χ4v) is 1.56. The van der Waals surface area contributed by atoms with Crippen LogP contribution in [-0.4, -0.2) is 25.5 Å². The molecule has 0 spiro atoms. The number of rotatable bonds is 5. The van der Waals surface area contributed by atoms with E-state index < -0.39 is 27.2 Å². The molecule has 0 fully saturated rings. The van der Waals surface area contributed by atoms with Gasteiger partial charge in [-0.2, -0.15) is 21.6 Å². The second-order valence-corrected chi connectivity index (χ2v) is 5.00. The summed E-state index contributed by atoms with van der Waals surface area (Å²) in [6.45, 7) is -0.695. The number of halogens is 3. The number of nitro benzene ring substituents is 1. The fourth-order valence-electron chi connectivity index (χ4n) is 1.12. The number of hydrogen-bond donors (Lipinski definition) is 0. The van der Waals surface area contributed by atoms with E-state index in [0.717, 1.165) is 12.1 Å². The van der Waals surface area contributed by atoms with Crippen molar-refractivity contribution in [3.05, 3.63) is 39.9 Å². The Morgan fingerprint density at radius 3 is 2.16 bits per heavy atom. The Kier molecular flexibility index (Phi) is 4.48. The highest BCUT2D eigenvalue weighted by molar-refractivity contribution is 7.87. The van der Waals surface area contributed by atoms with Crippen molar-refractivity contribution in [3.8, 4) is 0 Å². The Labute approximate surface area is 106 Å². The Hall–Kier alpha value is -1.68. The van der Waals surface area contributed by atoms with Gasteiger partial charge in [0.1, 0.15) is 0 Å². The lowest BCUT2D eigenvalue weighted by molar-refractivity contribution is -0.384. The molecule has 0 amide bonds. The number of nitrogens with zero attached hydrogens (tertiary/aromatic N) is 1. The summed E-state index contributed by atoms with van der Waals surface area (Å²) in [6, 6.07) is 4.94. The lowest BCUT2D eigenvalue weighted by Crippen LogP contribution is -2.26. The lowest BCUT2D eigenvalue weighted by atomic mass is 10.1. The molecule has 10 heteroatoms. The molecule has 0 radical (unpaired) electrons. The number of nitro groups is 1. The maximum Gasteiger partial charge on any atom is 0.523 e. The standard InChI is InChI=1S/C9H8F3NO5S/c10-9(11,12)19(16,17)18-6-5-7-1-3-8(4-2-7)13(14)15/h1-4H,5-6H2. The van der Waals surface area contributed by atoms with Crippen LogP contribution in [0.1, 0.15) is 5.56 Å². The van der Waals surface area contributed by atoms with Crippen molar-refractivity contribution in [2.24, 2.45) is 0 Å². The van der Waals surface area contributed by atoms with Gasteiger partial charge >= 0.3 is 15.6 Å². The van der Waals surface area contributed by atoms with E-state index in [1.807, 2.05) is 0 Å². The summed E-state index contributed by atoms with van der Waals surface area (Å²) in [5, 5.41) is 10.3. The minimum atomic E-state index is -5.60. The maximum atomic E-state index is 11.9. The molecule has 0 aliphatic carbocycles. The molecule has 19 heavy (non-hydrogen) atoms. The summed E-state index contributed by atoms with van der Waals surface area (Å²) in [6.07, 6.45) is -0.118. The average molecular weight is 299 g/mol. The molecule has 0 N–H and O–H groups in total. The van der Waals surface area contributed by atoms with E-state index in [9.17, 15) is 31.7 Å². The van der Waals surface area contributed by atoms with Gasteiger partial charge in [-0.05, 0) is 12.0 Å². The molecule has 0 unspecified atom stereocenters. The SMILES string of the molecule is O=[N+]([O-])c1ccc(CCOS(=O)(=O)C(F)(F)F)cc1. The van der Waals surface area contributed by atoms with Crippen molar-refractivity contribution in [1.29, 1.82) is 0 Å². The summed E-state index contributed by atoms with van der Waals surface area (Å²) >= 11 is 0. The quantitative estimate of drug-likeness (QED) is 0.359. The maximum absolute atomic E-state index is 11.9. The molecule has 1 rings (SSSR count). The molecule has 0 bridgehead atoms. The van der Waals surface area contributed by atoms with Gasteiger partial charge in [-0.15, -0.1) is 0 Å². The summed E-state index contributed by atoms with van der Waals surface area (Å²) in [4.78, 5) is 9.71. The molecule has 0 aromatic heterocycles. The molecule has 1 aromatic carbocycles. The van der Waals surface area contributed by atoms with E-state index in [0.29, 0.717) is 5.56 Å². The number of benzene rings is 1. The van der Waals surface area contributed by atoms with Gasteiger partial charge in [0.05, 0.1) is 11.5 Å². The largest absolute Gasteiger partial charge is 0.523 e. The first-order valence-electron chi connectivity index (χ1n) is 4.82. The zero-order valence-corrected chi connectivity index (χ0v) is 10.1. The van der Waals surface area contributed by atoms with Gasteiger partial charge in [0.25, 0.3) is 5.69 Å². The van der Waals surface area contributed by atoms with Gasteiger partial charge in [-0.25, -0.2) is 0 Å². The van der Waals surface area contributed by atoms with Crippen LogP contribution in [0, 0.1) is 10.1 Å². The van der Waals surface area contributed by atoms with Gasteiger partial charge in [0.2, 0.25) is 0 Å². The van der Waals surface area contributed by atoms with Crippen LogP contribution in [0.15, 0.2) is 24.3 Å². The Morgan fingerprint density at radius 2 is 1.74 bits per heavy atom. The summed E-state index contributed by atoms with van der Waals surface area (Å²) in [5.41, 5.74) is -5.21. The first-order chi connectivity index (χ1) is 8.63. The normalized spacial score (nSPS) is 12.4. The molecule has 0 atom stereocenters. The molecule has 106 valence electrons. The van der Waals surface area contributed by atoms with Crippen LogP contribution in [0.3, 0.4) is 0 Å². The third-order valence-electron chi connectivity index (χ3n) is 2.06. The third-order valence-corrected chi connectivity index (χ3v) is 3.10. The number of alkyl halides is 3. The van der Waals surface area contributed by atoms with Crippen LogP contribution in [0.25, 0.3) is 0 Å². The minimum Gasteiger partial charge on any atom is -0.263 e. The Bertz CT molecular complexity index is 552. The first-order valence-corrected chi connectivity index (χ1v) is 6.23. The fraction of sp³-hybridized carbons (Fsp3) is 0.333. The van der Waals surface area contributed by atoms with Crippen LogP contribution in [0.2, 0.25) is 0 Å². The molecule has 6 nitrogen and oxygen atoms in total. The van der Waals surface area contributed by atoms with Gasteiger partial charge in [0.15, 0.2) is 0 Å². The van der Waals surface area contributed by atoms with Crippen molar-refractivity contribution < 1.29 is 30.7 Å². The number of non-ortho nitro benzene ring substituents is 1. The van der Waals surface area contributed by atoms with Crippen molar-refractivity contribution in [3.63, 3.8) is 0 Å². The highest BCUT2D eigenvalue weighted by Gasteiger charge is 2.47. The van der Waals surface area contributed by atoms with Crippen molar-refractivity contribution in [2.75, 3.05) is 6.61 Å². The van der Waals surface area contributed by atoms with E-state index in [1.165, 1.54) is 12.1 Å². The van der Waals surface area contributed by atoms with Gasteiger partial charge in [0, 0.05) is 12.1 Å². The first kappa shape index (κ1) is 15.4. The van der Waals surface area contributed by atoms with E-state index in [1.54, 1.807) is 0 Å². The zero-order valence-electron chi connectivity index (χ0n) is 9.25. The molecule has 0 heterocycles. The predicted molar refractivity (Wildman–Crippen MR) is 57.7 cm³/mol. The molecule has 0 aliphatic heterocycles. The predicted octanol–water partition coefficient (Wildman–Crippen LogP) is 2.00. The van der Waals surface area contributed by atoms with Gasteiger partial charge in [-0.3, -0.25) is 14.3 Å². The minimum absolute atomic E-state index is 0.118. The second kappa shape index (κ2) is 5.53. The van der Waals surface area contributed by atoms with Crippen LogP contribution < -0.4 is 0 Å². The summed E-state index contributed by atoms with van der Waals surface area (Å²) in [5.74, 6) is 0. The molecular formula is C9H8F3NO5S. The second-order valence-electron chi connectivity index (χ2n) is 3.40. The highest BCUT2D eigenvalue weighted by atomic mass is 32.2. The number of hydrogen-bond acceptors (Lipinski definition) is 5. The lowest BCUT2D eigenvalue weighted by Gasteiger charge is -2.08. The molecule has 0 saturated heterocycles. The molecule has 0 aliphatic rings. The van der Waals surface area contributed by atoms with Crippen molar-refractivity contribution in [1.82, 2.24) is 0 Å². The monoisotopic (exact) mass is 299 g/mol. The van der Waals surface area contributed by atoms with E-state index in [4.69, 9.17) is 0 Å². The summed E-state index contributed by atoms with van der Waals surface area (Å²) < 4.78 is 60.6. The van der Waals surface area contributed by atoms with Gasteiger partial charge < -0.3 is 0 Å². The molecular weight excluding hydrogens is 291 g/mol. The molecule has 0 saturated carbocycles. The van der Waals surface area contributed by atoms with Crippen LogP contribution in [0.4, 0.5) is 18.9 Å². The Balaban J connectivity index is 2.57. The van der Waals surface area contributed by atoms with Crippen molar-refractivity contribution in [2.45, 2.75) is 11.9 Å². The Morgan fingerprint density at radius 1 is 1.21 bits per heavy atom. The molecule has 1 aromatic rings. The third kappa shape index (κ3) is 4.17. The van der Waals surface area contributed by atoms with Crippen molar-refractivity contribution >= 4 is 15.8 Å².